The number of benzene rings is 1. The van der Waals surface area contributed by atoms with Gasteiger partial charge < -0.3 is 16.0 Å². The molecular formula is C15H25FN4. The molecule has 112 valence electrons. The van der Waals surface area contributed by atoms with Crippen LogP contribution in [-0.4, -0.2) is 32.6 Å². The van der Waals surface area contributed by atoms with Gasteiger partial charge in [0.2, 0.25) is 0 Å². The maximum absolute atomic E-state index is 13.6. The summed E-state index contributed by atoms with van der Waals surface area (Å²) in [4.78, 5) is 6.12. The predicted molar refractivity (Wildman–Crippen MR) is 83.6 cm³/mol. The molecule has 0 aromatic heterocycles. The smallest absolute Gasteiger partial charge is 0.188 e. The number of guanidine groups is 1. The number of nitrogens with two attached hydrogens (primary N) is 1. The molecule has 0 fully saturated rings. The molecule has 1 rings (SSSR count). The average molecular weight is 280 g/mol. The van der Waals surface area contributed by atoms with Crippen molar-refractivity contribution in [1.29, 1.82) is 0 Å². The van der Waals surface area contributed by atoms with Gasteiger partial charge in [-0.1, -0.05) is 26.0 Å². The molecule has 0 amide bonds. The van der Waals surface area contributed by atoms with Crippen molar-refractivity contribution in [1.82, 2.24) is 5.32 Å². The lowest BCUT2D eigenvalue weighted by molar-refractivity contribution is 0.619. The summed E-state index contributed by atoms with van der Waals surface area (Å²) in [6.07, 6.45) is 0.864. The first-order valence-electron chi connectivity index (χ1n) is 7.00. The van der Waals surface area contributed by atoms with Gasteiger partial charge in [-0.3, -0.25) is 4.99 Å². The molecule has 0 radical (unpaired) electrons. The van der Waals surface area contributed by atoms with Crippen LogP contribution in [0.3, 0.4) is 0 Å². The highest BCUT2D eigenvalue weighted by atomic mass is 19.1. The second-order valence-electron chi connectivity index (χ2n) is 5.27. The molecule has 0 heterocycles. The highest BCUT2D eigenvalue weighted by molar-refractivity contribution is 5.77. The molecule has 1 aromatic rings. The minimum atomic E-state index is -0.194. The molecule has 3 N–H and O–H groups in total. The molecule has 0 atom stereocenters. The summed E-state index contributed by atoms with van der Waals surface area (Å²) < 4.78 is 13.6. The van der Waals surface area contributed by atoms with Crippen molar-refractivity contribution in [2.24, 2.45) is 16.6 Å². The molecule has 20 heavy (non-hydrogen) atoms. The van der Waals surface area contributed by atoms with E-state index in [-0.39, 0.29) is 5.82 Å². The van der Waals surface area contributed by atoms with Gasteiger partial charge in [0.25, 0.3) is 0 Å². The topological polar surface area (TPSA) is 53.6 Å². The van der Waals surface area contributed by atoms with E-state index in [0.29, 0.717) is 17.6 Å². The van der Waals surface area contributed by atoms with Crippen LogP contribution in [0.5, 0.6) is 0 Å². The molecule has 1 aromatic carbocycles. The number of anilines is 1. The first-order valence-corrected chi connectivity index (χ1v) is 7.00. The van der Waals surface area contributed by atoms with Gasteiger partial charge in [0.05, 0.1) is 5.69 Å². The highest BCUT2D eigenvalue weighted by Gasteiger charge is 2.05. The van der Waals surface area contributed by atoms with Gasteiger partial charge in [0.1, 0.15) is 5.82 Å². The first kappa shape index (κ1) is 16.3. The van der Waals surface area contributed by atoms with Gasteiger partial charge in [-0.15, -0.1) is 0 Å². The number of hydrogen-bond donors (Lipinski definition) is 2. The van der Waals surface area contributed by atoms with Crippen molar-refractivity contribution in [2.45, 2.75) is 20.3 Å². The van der Waals surface area contributed by atoms with Crippen LogP contribution in [0.1, 0.15) is 20.3 Å². The number of halogens is 1. The lowest BCUT2D eigenvalue weighted by atomic mass is 10.2. The minimum Gasteiger partial charge on any atom is -0.372 e. The van der Waals surface area contributed by atoms with Crippen molar-refractivity contribution in [3.63, 3.8) is 0 Å². The van der Waals surface area contributed by atoms with Gasteiger partial charge >= 0.3 is 0 Å². The number of nitrogens with zero attached hydrogens (tertiary/aromatic N) is 2. The predicted octanol–water partition coefficient (Wildman–Crippen LogP) is 2.21. The third kappa shape index (κ3) is 5.91. The Labute approximate surface area is 120 Å². The lowest BCUT2D eigenvalue weighted by Gasteiger charge is -2.19. The monoisotopic (exact) mass is 280 g/mol. The molecule has 5 heteroatoms. The summed E-state index contributed by atoms with van der Waals surface area (Å²) in [6, 6.07) is 6.78. The van der Waals surface area contributed by atoms with Crippen LogP contribution in [0.15, 0.2) is 29.3 Å². The van der Waals surface area contributed by atoms with Gasteiger partial charge in [0.15, 0.2) is 5.96 Å². The average Bonchev–Trinajstić information content (AvgIpc) is 2.41. The Hall–Kier alpha value is -1.78. The molecule has 0 spiro atoms. The standard InChI is InChI=1S/C15H25FN4/c1-12(2)11-19-15(17)18-9-6-10-20(3)14-8-5-4-7-13(14)16/h4-5,7-8,12H,6,9-11H2,1-3H3,(H3,17,18,19). The summed E-state index contributed by atoms with van der Waals surface area (Å²) in [7, 11) is 1.88. The van der Waals surface area contributed by atoms with Crippen LogP contribution in [0.2, 0.25) is 0 Å². The number of rotatable bonds is 7. The van der Waals surface area contributed by atoms with Crippen LogP contribution < -0.4 is 16.0 Å². The summed E-state index contributed by atoms with van der Waals surface area (Å²) in [5, 5.41) is 3.07. The molecular weight excluding hydrogens is 255 g/mol. The lowest BCUT2D eigenvalue weighted by Crippen LogP contribution is -2.34. The Kier molecular flexibility index (Phi) is 6.84. The van der Waals surface area contributed by atoms with Gasteiger partial charge in [-0.05, 0) is 24.5 Å². The van der Waals surface area contributed by atoms with Crippen molar-refractivity contribution in [3.05, 3.63) is 30.1 Å². The normalized spacial score (nSPS) is 11.8. The Bertz CT molecular complexity index is 432. The Balaban J connectivity index is 2.28. The van der Waals surface area contributed by atoms with E-state index in [4.69, 9.17) is 5.73 Å². The van der Waals surface area contributed by atoms with Crippen LogP contribution in [0, 0.1) is 11.7 Å². The van der Waals surface area contributed by atoms with Crippen LogP contribution in [0.4, 0.5) is 10.1 Å². The van der Waals surface area contributed by atoms with Crippen molar-refractivity contribution in [3.8, 4) is 0 Å². The van der Waals surface area contributed by atoms with E-state index in [1.165, 1.54) is 6.07 Å². The summed E-state index contributed by atoms with van der Waals surface area (Å²) >= 11 is 0. The summed E-state index contributed by atoms with van der Waals surface area (Å²) in [5.74, 6) is 0.788. The van der Waals surface area contributed by atoms with Gasteiger partial charge in [-0.2, -0.15) is 0 Å². The molecule has 0 bridgehead atoms. The Morgan fingerprint density at radius 1 is 1.40 bits per heavy atom. The van der Waals surface area contributed by atoms with Crippen LogP contribution in [-0.2, 0) is 0 Å². The number of nitrogens with one attached hydrogen (secondary N) is 1. The molecule has 0 saturated heterocycles. The van der Waals surface area contributed by atoms with Crippen molar-refractivity contribution >= 4 is 11.6 Å². The molecule has 0 saturated carbocycles. The quantitative estimate of drug-likeness (QED) is 0.457. The van der Waals surface area contributed by atoms with Gasteiger partial charge in [-0.25, -0.2) is 4.39 Å². The van der Waals surface area contributed by atoms with E-state index in [1.54, 1.807) is 12.1 Å². The van der Waals surface area contributed by atoms with E-state index in [1.807, 2.05) is 18.0 Å². The van der Waals surface area contributed by atoms with Gasteiger partial charge in [0, 0.05) is 26.7 Å². The Morgan fingerprint density at radius 3 is 2.75 bits per heavy atom. The van der Waals surface area contributed by atoms with E-state index in [0.717, 1.165) is 26.1 Å². The van der Waals surface area contributed by atoms with E-state index < -0.39 is 0 Å². The third-order valence-corrected chi connectivity index (χ3v) is 2.87. The Morgan fingerprint density at radius 2 is 2.10 bits per heavy atom. The van der Waals surface area contributed by atoms with Crippen molar-refractivity contribution < 1.29 is 4.39 Å². The molecule has 0 aliphatic carbocycles. The van der Waals surface area contributed by atoms with Crippen LogP contribution in [0.25, 0.3) is 0 Å². The largest absolute Gasteiger partial charge is 0.372 e. The summed E-state index contributed by atoms with van der Waals surface area (Å²) in [6.45, 7) is 6.41. The third-order valence-electron chi connectivity index (χ3n) is 2.87. The first-order chi connectivity index (χ1) is 9.50. The SMILES string of the molecule is CC(C)CN=C(N)NCCCN(C)c1ccccc1F. The number of hydrogen-bond acceptors (Lipinski definition) is 2. The van der Waals surface area contributed by atoms with E-state index >= 15 is 0 Å². The number of aliphatic imine (C=N–C) groups is 1. The maximum atomic E-state index is 13.6. The number of para-hydroxylation sites is 1. The second kappa shape index (κ2) is 8.40. The van der Waals surface area contributed by atoms with E-state index in [9.17, 15) is 4.39 Å². The molecule has 4 nitrogen and oxygen atoms in total. The summed E-state index contributed by atoms with van der Waals surface area (Å²) in [5.41, 5.74) is 6.36. The fourth-order valence-corrected chi connectivity index (χ4v) is 1.75. The van der Waals surface area contributed by atoms with E-state index in [2.05, 4.69) is 24.2 Å². The molecule has 0 aliphatic rings. The zero-order valence-corrected chi connectivity index (χ0v) is 12.6. The van der Waals surface area contributed by atoms with Crippen molar-refractivity contribution in [2.75, 3.05) is 31.6 Å². The zero-order chi connectivity index (χ0) is 15.0. The molecule has 0 aliphatic heterocycles. The molecule has 0 unspecified atom stereocenters. The fraction of sp³-hybridized carbons (Fsp3) is 0.533. The minimum absolute atomic E-state index is 0.194. The maximum Gasteiger partial charge on any atom is 0.188 e. The fourth-order valence-electron chi connectivity index (χ4n) is 1.75. The highest BCUT2D eigenvalue weighted by Crippen LogP contribution is 2.16. The van der Waals surface area contributed by atoms with Crippen LogP contribution >= 0.6 is 0 Å². The zero-order valence-electron chi connectivity index (χ0n) is 12.6. The second-order valence-corrected chi connectivity index (χ2v) is 5.27.